The number of benzene rings is 1. The Morgan fingerprint density at radius 2 is 1.74 bits per heavy atom. The molecule has 1 aliphatic carbocycles. The van der Waals surface area contributed by atoms with Gasteiger partial charge in [-0.15, -0.1) is 0 Å². The second kappa shape index (κ2) is 10.8. The Hall–Kier alpha value is -3.36. The van der Waals surface area contributed by atoms with E-state index in [4.69, 9.17) is 4.42 Å². The normalized spacial score (nSPS) is 19.1. The summed E-state index contributed by atoms with van der Waals surface area (Å²) in [6.07, 6.45) is 6.72. The van der Waals surface area contributed by atoms with E-state index < -0.39 is 22.8 Å². The molecule has 0 spiro atoms. The molecule has 3 amide bonds. The molecule has 0 bridgehead atoms. The van der Waals surface area contributed by atoms with E-state index in [0.717, 1.165) is 31.7 Å². The van der Waals surface area contributed by atoms with Gasteiger partial charge in [0.2, 0.25) is 11.8 Å². The van der Waals surface area contributed by atoms with Crippen LogP contribution in [0.5, 0.6) is 5.75 Å². The van der Waals surface area contributed by atoms with E-state index in [1.54, 1.807) is 11.8 Å². The van der Waals surface area contributed by atoms with Gasteiger partial charge in [-0.05, 0) is 71.4 Å². The van der Waals surface area contributed by atoms with E-state index in [1.807, 2.05) is 20.8 Å². The molecule has 9 nitrogen and oxygen atoms in total. The van der Waals surface area contributed by atoms with Crippen LogP contribution in [0.25, 0.3) is 11.0 Å². The molecule has 1 aromatic carbocycles. The van der Waals surface area contributed by atoms with E-state index in [1.165, 1.54) is 24.6 Å². The van der Waals surface area contributed by atoms with Crippen LogP contribution in [0.2, 0.25) is 0 Å². The Kier molecular flexibility index (Phi) is 7.85. The summed E-state index contributed by atoms with van der Waals surface area (Å²) >= 11 is 0. The predicted molar refractivity (Wildman–Crippen MR) is 144 cm³/mol. The van der Waals surface area contributed by atoms with Gasteiger partial charge in [0.25, 0.3) is 5.91 Å². The third-order valence-electron chi connectivity index (χ3n) is 7.95. The lowest BCUT2D eigenvalue weighted by Crippen LogP contribution is -2.58. The van der Waals surface area contributed by atoms with Crippen molar-refractivity contribution in [1.82, 2.24) is 15.5 Å². The first-order valence-electron chi connectivity index (χ1n) is 13.6. The fourth-order valence-corrected chi connectivity index (χ4v) is 5.93. The maximum atomic E-state index is 13.6. The Balaban J connectivity index is 1.43. The largest absolute Gasteiger partial charge is 0.508 e. The van der Waals surface area contributed by atoms with E-state index in [-0.39, 0.29) is 39.8 Å². The average Bonchev–Trinajstić information content (AvgIpc) is 2.87. The highest BCUT2D eigenvalue weighted by Crippen LogP contribution is 2.46. The fourth-order valence-electron chi connectivity index (χ4n) is 5.93. The molecule has 0 radical (unpaired) electrons. The summed E-state index contributed by atoms with van der Waals surface area (Å²) in [4.78, 5) is 53.8. The monoisotopic (exact) mass is 525 g/mol. The Labute approximate surface area is 223 Å². The highest BCUT2D eigenvalue weighted by atomic mass is 16.3. The number of nitrogens with zero attached hydrogens (tertiary/aromatic N) is 1. The minimum atomic E-state index is -0.849. The highest BCUT2D eigenvalue weighted by molar-refractivity contribution is 5.96. The van der Waals surface area contributed by atoms with Crippen LogP contribution in [0.4, 0.5) is 0 Å². The Bertz CT molecular complexity index is 1260. The van der Waals surface area contributed by atoms with Gasteiger partial charge in [-0.1, -0.05) is 19.3 Å². The molecule has 1 saturated carbocycles. The van der Waals surface area contributed by atoms with Crippen LogP contribution in [0.1, 0.15) is 83.2 Å². The summed E-state index contributed by atoms with van der Waals surface area (Å²) < 4.78 is 5.53. The summed E-state index contributed by atoms with van der Waals surface area (Å²) in [5.74, 6) is -0.862. The van der Waals surface area contributed by atoms with Crippen LogP contribution in [-0.4, -0.2) is 52.4 Å². The predicted octanol–water partition coefficient (Wildman–Crippen LogP) is 3.72. The number of phenols is 1. The number of carbonyl (C=O) groups excluding carboxylic acids is 3. The SMILES string of the molecule is CC(NC(=O)c1cc(=O)c2ccc(O)cc2o1)C(=O)N1CCC(C(=O)NC(C)(C)C)(C2CCCCC2)CC1. The van der Waals surface area contributed by atoms with Gasteiger partial charge in [-0.2, -0.15) is 0 Å². The van der Waals surface area contributed by atoms with Crippen LogP contribution in [0, 0.1) is 11.3 Å². The number of piperidine rings is 1. The molecule has 1 aromatic heterocycles. The summed E-state index contributed by atoms with van der Waals surface area (Å²) in [5, 5.41) is 15.8. The summed E-state index contributed by atoms with van der Waals surface area (Å²) in [7, 11) is 0. The van der Waals surface area contributed by atoms with Gasteiger partial charge >= 0.3 is 0 Å². The van der Waals surface area contributed by atoms with Gasteiger partial charge in [-0.3, -0.25) is 19.2 Å². The van der Waals surface area contributed by atoms with Crippen LogP contribution in [0.3, 0.4) is 0 Å². The van der Waals surface area contributed by atoms with Crippen molar-refractivity contribution in [2.24, 2.45) is 11.3 Å². The zero-order chi connectivity index (χ0) is 27.7. The molecule has 1 atom stereocenters. The smallest absolute Gasteiger partial charge is 0.287 e. The maximum absolute atomic E-state index is 13.6. The topological polar surface area (TPSA) is 129 Å². The first-order chi connectivity index (χ1) is 17.9. The van der Waals surface area contributed by atoms with E-state index >= 15 is 0 Å². The number of phenolic OH excluding ortho intramolecular Hbond substituents is 1. The lowest BCUT2D eigenvalue weighted by molar-refractivity contribution is -0.146. The van der Waals surface area contributed by atoms with Crippen molar-refractivity contribution in [2.45, 2.75) is 84.2 Å². The van der Waals surface area contributed by atoms with Gasteiger partial charge in [0, 0.05) is 30.8 Å². The number of hydrogen-bond donors (Lipinski definition) is 3. The molecule has 38 heavy (non-hydrogen) atoms. The summed E-state index contributed by atoms with van der Waals surface area (Å²) in [6, 6.07) is 4.30. The van der Waals surface area contributed by atoms with Crippen molar-refractivity contribution in [1.29, 1.82) is 0 Å². The van der Waals surface area contributed by atoms with Crippen LogP contribution < -0.4 is 16.1 Å². The molecule has 1 saturated heterocycles. The average molecular weight is 526 g/mol. The van der Waals surface area contributed by atoms with Crippen molar-refractivity contribution >= 4 is 28.7 Å². The Morgan fingerprint density at radius 1 is 1.08 bits per heavy atom. The lowest BCUT2D eigenvalue weighted by atomic mass is 9.63. The molecule has 4 rings (SSSR count). The van der Waals surface area contributed by atoms with Gasteiger partial charge in [0.05, 0.1) is 10.8 Å². The van der Waals surface area contributed by atoms with Crippen LogP contribution in [0.15, 0.2) is 33.5 Å². The lowest BCUT2D eigenvalue weighted by Gasteiger charge is -2.48. The van der Waals surface area contributed by atoms with Crippen LogP contribution >= 0.6 is 0 Å². The molecule has 1 aliphatic heterocycles. The molecule has 2 aromatic rings. The van der Waals surface area contributed by atoms with Crippen molar-refractivity contribution in [3.63, 3.8) is 0 Å². The zero-order valence-corrected chi connectivity index (χ0v) is 22.8. The maximum Gasteiger partial charge on any atom is 0.287 e. The number of aromatic hydroxyl groups is 1. The van der Waals surface area contributed by atoms with E-state index in [9.17, 15) is 24.3 Å². The zero-order valence-electron chi connectivity index (χ0n) is 22.8. The third-order valence-corrected chi connectivity index (χ3v) is 7.95. The minimum absolute atomic E-state index is 0.0859. The first kappa shape index (κ1) is 27.7. The van der Waals surface area contributed by atoms with Crippen molar-refractivity contribution < 1.29 is 23.9 Å². The molecular formula is C29H39N3O6. The summed E-state index contributed by atoms with van der Waals surface area (Å²) in [6.45, 7) is 8.45. The quantitative estimate of drug-likeness (QED) is 0.546. The molecule has 9 heteroatoms. The molecule has 3 N–H and O–H groups in total. The second-order valence-corrected chi connectivity index (χ2v) is 11.9. The number of carbonyl (C=O) groups is 3. The first-order valence-corrected chi connectivity index (χ1v) is 13.6. The van der Waals surface area contributed by atoms with Gasteiger partial charge in [0.15, 0.2) is 11.2 Å². The van der Waals surface area contributed by atoms with Gasteiger partial charge < -0.3 is 25.1 Å². The van der Waals surface area contributed by atoms with Crippen molar-refractivity contribution in [2.75, 3.05) is 13.1 Å². The number of likely N-dealkylation sites (tertiary alicyclic amines) is 1. The van der Waals surface area contributed by atoms with Crippen molar-refractivity contribution in [3.05, 3.63) is 40.2 Å². The molecule has 2 heterocycles. The Morgan fingerprint density at radius 3 is 2.37 bits per heavy atom. The molecule has 2 aliphatic rings. The number of fused-ring (bicyclic) bond motifs is 1. The number of nitrogens with one attached hydrogen (secondary N) is 2. The van der Waals surface area contributed by atoms with Crippen molar-refractivity contribution in [3.8, 4) is 5.75 Å². The molecule has 2 fully saturated rings. The molecule has 1 unspecified atom stereocenters. The van der Waals surface area contributed by atoms with Crippen LogP contribution in [-0.2, 0) is 9.59 Å². The van der Waals surface area contributed by atoms with E-state index in [2.05, 4.69) is 10.6 Å². The molecular weight excluding hydrogens is 486 g/mol. The standard InChI is InChI=1S/C29H39N3O6/c1-18(30-25(35)24-17-22(34)21-11-10-20(33)16-23(21)38-24)26(36)32-14-12-29(13-15-32,19-8-6-5-7-9-19)27(37)31-28(2,3)4/h10-11,16-19,33H,5-9,12-15H2,1-4H3,(H,30,35)(H,31,37). The third kappa shape index (κ3) is 5.87. The fraction of sp³-hybridized carbons (Fsp3) is 0.586. The second-order valence-electron chi connectivity index (χ2n) is 11.9. The number of rotatable bonds is 5. The molecule has 206 valence electrons. The number of hydrogen-bond acceptors (Lipinski definition) is 6. The number of amides is 3. The summed E-state index contributed by atoms with van der Waals surface area (Å²) in [5.41, 5.74) is -1.15. The van der Waals surface area contributed by atoms with E-state index in [0.29, 0.717) is 31.8 Å². The highest BCUT2D eigenvalue weighted by Gasteiger charge is 2.49. The van der Waals surface area contributed by atoms with Gasteiger partial charge in [-0.25, -0.2) is 0 Å². The minimum Gasteiger partial charge on any atom is -0.508 e. The van der Waals surface area contributed by atoms with Gasteiger partial charge in [0.1, 0.15) is 17.4 Å².